The molecule has 1 N–H and O–H groups in total. The molecule has 0 unspecified atom stereocenters. The Morgan fingerprint density at radius 3 is 3.05 bits per heavy atom. The van der Waals surface area contributed by atoms with Gasteiger partial charge in [0, 0.05) is 10.9 Å². The molecule has 3 nitrogen and oxygen atoms in total. The number of nitrogens with one attached hydrogen (secondary N) is 1. The van der Waals surface area contributed by atoms with Gasteiger partial charge in [0.15, 0.2) is 5.13 Å². The van der Waals surface area contributed by atoms with Gasteiger partial charge in [-0.3, -0.25) is 4.79 Å². The third-order valence-corrected chi connectivity index (χ3v) is 6.36. The van der Waals surface area contributed by atoms with Crippen molar-refractivity contribution in [1.29, 1.82) is 0 Å². The summed E-state index contributed by atoms with van der Waals surface area (Å²) in [6.07, 6.45) is 5.99. The number of carbonyl (C=O) groups is 1. The van der Waals surface area contributed by atoms with E-state index >= 15 is 0 Å². The molecule has 5 heteroatoms. The Morgan fingerprint density at radius 2 is 2.29 bits per heavy atom. The Morgan fingerprint density at radius 1 is 1.38 bits per heavy atom. The van der Waals surface area contributed by atoms with Crippen LogP contribution in [0.4, 0.5) is 5.13 Å². The number of halogens is 1. The topological polar surface area (TPSA) is 42.0 Å². The predicted octanol–water partition coefficient (Wildman–Crippen LogP) is 4.82. The lowest BCUT2D eigenvalue weighted by atomic mass is 9.86. The fourth-order valence-corrected chi connectivity index (χ4v) is 5.42. The zero-order chi connectivity index (χ0) is 14.4. The standard InChI is InChI=1S/C16H17BrN2OS/c17-12-3-4-13-14(8-12)21-16(18-13)19-15(20)7-11-6-9-1-2-10(11)5-9/h3-4,8-11H,1-2,5-7H2,(H,18,19,20)/t9-,10-,11+/m0/s1. The first kappa shape index (κ1) is 13.7. The summed E-state index contributed by atoms with van der Waals surface area (Å²) in [5.74, 6) is 2.43. The molecule has 1 aromatic carbocycles. The second kappa shape index (κ2) is 5.36. The Bertz CT molecular complexity index is 699. The summed E-state index contributed by atoms with van der Waals surface area (Å²) >= 11 is 5.00. The molecule has 2 saturated carbocycles. The molecule has 2 aliphatic carbocycles. The highest BCUT2D eigenvalue weighted by molar-refractivity contribution is 9.10. The first-order valence-corrected chi connectivity index (χ1v) is 9.14. The second-order valence-corrected chi connectivity index (χ2v) is 8.26. The maximum absolute atomic E-state index is 12.2. The van der Waals surface area contributed by atoms with Crippen LogP contribution in [-0.2, 0) is 4.79 Å². The Labute approximate surface area is 136 Å². The Hall–Kier alpha value is -0.940. The maximum atomic E-state index is 12.2. The highest BCUT2D eigenvalue weighted by Gasteiger charge is 2.40. The van der Waals surface area contributed by atoms with Crippen molar-refractivity contribution in [2.24, 2.45) is 17.8 Å². The lowest BCUT2D eigenvalue weighted by Gasteiger charge is -2.20. The van der Waals surface area contributed by atoms with Crippen LogP contribution in [0.5, 0.6) is 0 Å². The molecule has 21 heavy (non-hydrogen) atoms. The van der Waals surface area contributed by atoms with Gasteiger partial charge in [0.1, 0.15) is 0 Å². The van der Waals surface area contributed by atoms with Crippen molar-refractivity contribution in [2.45, 2.75) is 32.1 Å². The molecule has 0 saturated heterocycles. The number of amides is 1. The fourth-order valence-electron chi connectivity index (χ4n) is 3.99. The number of aromatic nitrogens is 1. The van der Waals surface area contributed by atoms with Crippen molar-refractivity contribution < 1.29 is 4.79 Å². The van der Waals surface area contributed by atoms with Crippen LogP contribution in [0.2, 0.25) is 0 Å². The van der Waals surface area contributed by atoms with Crippen molar-refractivity contribution in [2.75, 3.05) is 5.32 Å². The number of benzene rings is 1. The van der Waals surface area contributed by atoms with Gasteiger partial charge in [0.05, 0.1) is 10.2 Å². The molecule has 1 aromatic heterocycles. The van der Waals surface area contributed by atoms with Gasteiger partial charge in [-0.25, -0.2) is 4.98 Å². The van der Waals surface area contributed by atoms with E-state index in [-0.39, 0.29) is 5.91 Å². The number of fused-ring (bicyclic) bond motifs is 3. The summed E-state index contributed by atoms with van der Waals surface area (Å²) < 4.78 is 2.14. The molecule has 0 aliphatic heterocycles. The van der Waals surface area contributed by atoms with E-state index in [0.717, 1.165) is 31.7 Å². The molecule has 2 aliphatic rings. The third kappa shape index (κ3) is 2.73. The third-order valence-electron chi connectivity index (χ3n) is 4.93. The number of carbonyl (C=O) groups excluding carboxylic acids is 1. The summed E-state index contributed by atoms with van der Waals surface area (Å²) in [5.41, 5.74) is 0.943. The van der Waals surface area contributed by atoms with Gasteiger partial charge in [0.25, 0.3) is 0 Å². The Kier molecular flexibility index (Phi) is 3.50. The van der Waals surface area contributed by atoms with Crippen molar-refractivity contribution in [1.82, 2.24) is 4.98 Å². The minimum atomic E-state index is 0.130. The van der Waals surface area contributed by atoms with Crippen molar-refractivity contribution >= 4 is 48.5 Å². The molecule has 0 radical (unpaired) electrons. The van der Waals surface area contributed by atoms with Crippen molar-refractivity contribution in [3.63, 3.8) is 0 Å². The lowest BCUT2D eigenvalue weighted by molar-refractivity contribution is -0.117. The van der Waals surface area contributed by atoms with E-state index in [0.29, 0.717) is 12.3 Å². The largest absolute Gasteiger partial charge is 0.302 e. The van der Waals surface area contributed by atoms with E-state index in [9.17, 15) is 4.79 Å². The quantitative estimate of drug-likeness (QED) is 0.847. The molecule has 1 heterocycles. The van der Waals surface area contributed by atoms with E-state index in [1.807, 2.05) is 18.2 Å². The monoisotopic (exact) mass is 364 g/mol. The summed E-state index contributed by atoms with van der Waals surface area (Å²) in [6, 6.07) is 5.99. The van der Waals surface area contributed by atoms with Crippen LogP contribution in [0.15, 0.2) is 22.7 Å². The molecule has 1 amide bonds. The van der Waals surface area contributed by atoms with Crippen LogP contribution in [0.3, 0.4) is 0 Å². The van der Waals surface area contributed by atoms with Gasteiger partial charge in [-0.2, -0.15) is 0 Å². The number of rotatable bonds is 3. The minimum Gasteiger partial charge on any atom is -0.302 e. The van der Waals surface area contributed by atoms with Crippen LogP contribution < -0.4 is 5.32 Å². The van der Waals surface area contributed by atoms with Gasteiger partial charge >= 0.3 is 0 Å². The molecule has 2 aromatic rings. The second-order valence-electron chi connectivity index (χ2n) is 6.32. The van der Waals surface area contributed by atoms with Gasteiger partial charge in [-0.05, 0) is 55.2 Å². The molecule has 4 rings (SSSR count). The summed E-state index contributed by atoms with van der Waals surface area (Å²) in [4.78, 5) is 16.7. The first-order chi connectivity index (χ1) is 10.2. The number of thiazole rings is 1. The molecule has 110 valence electrons. The predicted molar refractivity (Wildman–Crippen MR) is 89.5 cm³/mol. The van der Waals surface area contributed by atoms with Crippen LogP contribution in [0.1, 0.15) is 32.1 Å². The average Bonchev–Trinajstić information content (AvgIpc) is 3.12. The number of nitrogens with zero attached hydrogens (tertiary/aromatic N) is 1. The average molecular weight is 365 g/mol. The van der Waals surface area contributed by atoms with Crippen LogP contribution in [-0.4, -0.2) is 10.9 Å². The maximum Gasteiger partial charge on any atom is 0.226 e. The summed E-state index contributed by atoms with van der Waals surface area (Å²) in [7, 11) is 0. The minimum absolute atomic E-state index is 0.130. The van der Waals surface area contributed by atoms with Crippen molar-refractivity contribution in [3.8, 4) is 0 Å². The van der Waals surface area contributed by atoms with Crippen LogP contribution >= 0.6 is 27.3 Å². The molecule has 0 spiro atoms. The van der Waals surface area contributed by atoms with Crippen molar-refractivity contribution in [3.05, 3.63) is 22.7 Å². The molecule has 2 fully saturated rings. The van der Waals surface area contributed by atoms with Crippen LogP contribution in [0.25, 0.3) is 10.2 Å². The summed E-state index contributed by atoms with van der Waals surface area (Å²) in [5, 5.41) is 3.71. The van der Waals surface area contributed by atoms with Gasteiger partial charge < -0.3 is 5.32 Å². The van der Waals surface area contributed by atoms with E-state index in [4.69, 9.17) is 0 Å². The first-order valence-electron chi connectivity index (χ1n) is 7.53. The fraction of sp³-hybridized carbons (Fsp3) is 0.500. The normalized spacial score (nSPS) is 27.4. The highest BCUT2D eigenvalue weighted by Crippen LogP contribution is 2.49. The van der Waals surface area contributed by atoms with E-state index in [1.165, 1.54) is 37.0 Å². The SMILES string of the molecule is O=C(C[C@H]1C[C@H]2CC[C@H]1C2)Nc1nc2ccc(Br)cc2s1. The molecule has 2 bridgehead atoms. The number of anilines is 1. The van der Waals surface area contributed by atoms with E-state index < -0.39 is 0 Å². The van der Waals surface area contributed by atoms with Gasteiger partial charge in [0.2, 0.25) is 5.91 Å². The highest BCUT2D eigenvalue weighted by atomic mass is 79.9. The zero-order valence-electron chi connectivity index (χ0n) is 11.6. The molecular formula is C16H17BrN2OS. The summed E-state index contributed by atoms with van der Waals surface area (Å²) in [6.45, 7) is 0. The lowest BCUT2D eigenvalue weighted by Crippen LogP contribution is -2.20. The van der Waals surface area contributed by atoms with Crippen LogP contribution in [0, 0.1) is 17.8 Å². The Balaban J connectivity index is 1.43. The smallest absolute Gasteiger partial charge is 0.226 e. The van der Waals surface area contributed by atoms with E-state index in [1.54, 1.807) is 0 Å². The number of hydrogen-bond donors (Lipinski definition) is 1. The molecule has 3 atom stereocenters. The molecular weight excluding hydrogens is 348 g/mol. The van der Waals surface area contributed by atoms with Gasteiger partial charge in [-0.15, -0.1) is 0 Å². The van der Waals surface area contributed by atoms with Gasteiger partial charge in [-0.1, -0.05) is 33.7 Å². The number of hydrogen-bond acceptors (Lipinski definition) is 3. The zero-order valence-corrected chi connectivity index (χ0v) is 14.0. The van der Waals surface area contributed by atoms with E-state index in [2.05, 4.69) is 26.2 Å².